The van der Waals surface area contributed by atoms with Crippen molar-refractivity contribution < 1.29 is 69.4 Å². The van der Waals surface area contributed by atoms with Crippen LogP contribution in [0.4, 0.5) is 0 Å². The first-order chi connectivity index (χ1) is 15.3. The number of ether oxygens (including phenoxy) is 1. The minimum absolute atomic E-state index is 0. The molecule has 9 atom stereocenters. The van der Waals surface area contributed by atoms with Gasteiger partial charge in [0.15, 0.2) is 0 Å². The molecule has 0 spiro atoms. The van der Waals surface area contributed by atoms with E-state index in [4.69, 9.17) is 4.74 Å². The van der Waals surface area contributed by atoms with Gasteiger partial charge in [-0.2, -0.15) is 0 Å². The summed E-state index contributed by atoms with van der Waals surface area (Å²) in [6.07, 6.45) is -1.16. The van der Waals surface area contributed by atoms with E-state index in [-0.39, 0.29) is 72.0 Å². The van der Waals surface area contributed by atoms with Crippen LogP contribution in [0.2, 0.25) is 0 Å². The van der Waals surface area contributed by atoms with Gasteiger partial charge in [0, 0.05) is 18.3 Å². The van der Waals surface area contributed by atoms with Crippen LogP contribution in [0.3, 0.4) is 0 Å². The molecule has 2 aliphatic rings. The van der Waals surface area contributed by atoms with E-state index in [0.717, 1.165) is 0 Å². The van der Waals surface area contributed by atoms with Crippen LogP contribution in [-0.4, -0.2) is 62.9 Å². The smallest absolute Gasteiger partial charge is 0.550 e. The summed E-state index contributed by atoms with van der Waals surface area (Å²) in [5.41, 5.74) is 0.0482. The number of carboxylic acid groups (broad SMARTS) is 1. The number of carbonyl (C=O) groups is 2. The summed E-state index contributed by atoms with van der Waals surface area (Å²) in [6.45, 7) is 9.41. The molecule has 0 aliphatic heterocycles. The van der Waals surface area contributed by atoms with Gasteiger partial charge in [-0.05, 0) is 69.3 Å². The van der Waals surface area contributed by atoms with Gasteiger partial charge in [0.05, 0.1) is 29.8 Å². The van der Waals surface area contributed by atoms with Gasteiger partial charge < -0.3 is 35.1 Å². The fourth-order valence-corrected chi connectivity index (χ4v) is 5.14. The summed E-state index contributed by atoms with van der Waals surface area (Å²) in [7, 11) is 0. The molecule has 34 heavy (non-hydrogen) atoms. The fourth-order valence-electron chi connectivity index (χ4n) is 5.14. The monoisotopic (exact) mass is 492 g/mol. The third-order valence-electron chi connectivity index (χ3n) is 7.78. The van der Waals surface area contributed by atoms with Crippen LogP contribution < -0.4 is 34.7 Å². The van der Waals surface area contributed by atoms with Crippen LogP contribution in [0.1, 0.15) is 73.1 Å². The maximum atomic E-state index is 12.9. The molecule has 0 aromatic rings. The van der Waals surface area contributed by atoms with Crippen molar-refractivity contribution in [1.82, 2.24) is 0 Å². The SMILES string of the molecule is CCC(C)(C)C(=O)O[C@@H]1C[C@H](C)[C@H](O)C2=C[C@H](O)[C@H](C)[C@H](CC[C@H](O)C[C@H](O)CC(=O)[O-])[C@H]21.[Na+]. The zero-order valence-electron chi connectivity index (χ0n) is 21.4. The van der Waals surface area contributed by atoms with Gasteiger partial charge in [-0.3, -0.25) is 4.79 Å². The van der Waals surface area contributed by atoms with Gasteiger partial charge in [0.1, 0.15) is 6.10 Å². The molecule has 0 radical (unpaired) electrons. The van der Waals surface area contributed by atoms with E-state index in [1.165, 1.54) is 0 Å². The zero-order valence-corrected chi connectivity index (χ0v) is 23.4. The number of carboxylic acids is 1. The Morgan fingerprint density at radius 1 is 1.21 bits per heavy atom. The van der Waals surface area contributed by atoms with Crippen LogP contribution in [0.25, 0.3) is 0 Å². The largest absolute Gasteiger partial charge is 1.00 e. The first kappa shape index (κ1) is 31.5. The van der Waals surface area contributed by atoms with E-state index in [0.29, 0.717) is 24.8 Å². The summed E-state index contributed by atoms with van der Waals surface area (Å²) >= 11 is 0. The Labute approximate surface area is 225 Å². The number of esters is 1. The van der Waals surface area contributed by atoms with Gasteiger partial charge in [-0.15, -0.1) is 0 Å². The van der Waals surface area contributed by atoms with Crippen molar-refractivity contribution in [3.8, 4) is 0 Å². The molecule has 4 N–H and O–H groups in total. The van der Waals surface area contributed by atoms with Crippen LogP contribution in [0.15, 0.2) is 11.6 Å². The van der Waals surface area contributed by atoms with E-state index in [2.05, 4.69) is 0 Å². The molecule has 0 saturated heterocycles. The number of aliphatic carboxylic acids is 1. The molecule has 0 aromatic heterocycles. The van der Waals surface area contributed by atoms with Gasteiger partial charge in [0.25, 0.3) is 0 Å². The van der Waals surface area contributed by atoms with Crippen molar-refractivity contribution in [2.45, 2.75) is 104 Å². The zero-order chi connectivity index (χ0) is 25.1. The Kier molecular flexibility index (Phi) is 12.2. The fraction of sp³-hybridized carbons (Fsp3) is 0.840. The summed E-state index contributed by atoms with van der Waals surface area (Å²) in [5.74, 6) is -2.45. The Morgan fingerprint density at radius 2 is 1.82 bits per heavy atom. The predicted octanol–water partition coefficient (Wildman–Crippen LogP) is -2.06. The van der Waals surface area contributed by atoms with Crippen molar-refractivity contribution in [2.24, 2.45) is 29.1 Å². The summed E-state index contributed by atoms with van der Waals surface area (Å²) < 4.78 is 6.02. The Hall–Kier alpha value is -0.480. The third kappa shape index (κ3) is 7.76. The molecule has 9 heteroatoms. The van der Waals surface area contributed by atoms with Crippen molar-refractivity contribution >= 4 is 11.9 Å². The Balaban J connectivity index is 0.00000578. The van der Waals surface area contributed by atoms with E-state index >= 15 is 0 Å². The molecule has 190 valence electrons. The summed E-state index contributed by atoms with van der Waals surface area (Å²) in [5, 5.41) is 52.4. The summed E-state index contributed by atoms with van der Waals surface area (Å²) in [4.78, 5) is 23.5. The molecule has 0 heterocycles. The molecule has 0 aromatic carbocycles. The first-order valence-electron chi connectivity index (χ1n) is 12.1. The molecule has 2 aliphatic carbocycles. The van der Waals surface area contributed by atoms with Crippen LogP contribution in [0, 0.1) is 29.1 Å². The second-order valence-electron chi connectivity index (χ2n) is 10.7. The number of rotatable bonds is 10. The maximum absolute atomic E-state index is 12.9. The molecule has 1 saturated carbocycles. The summed E-state index contributed by atoms with van der Waals surface area (Å²) in [6, 6.07) is 0. The number of aliphatic hydroxyl groups excluding tert-OH is 4. The molecule has 0 amide bonds. The van der Waals surface area contributed by atoms with Gasteiger partial charge in [-0.25, -0.2) is 0 Å². The van der Waals surface area contributed by atoms with E-state index in [9.17, 15) is 35.1 Å². The van der Waals surface area contributed by atoms with Gasteiger partial charge in [0.2, 0.25) is 0 Å². The van der Waals surface area contributed by atoms with Crippen LogP contribution in [0.5, 0.6) is 0 Å². The molecular weight excluding hydrogens is 451 g/mol. The molecule has 8 nitrogen and oxygen atoms in total. The van der Waals surface area contributed by atoms with Crippen molar-refractivity contribution in [2.75, 3.05) is 0 Å². The normalized spacial score (nSPS) is 33.1. The average Bonchev–Trinajstić information content (AvgIpc) is 2.71. The standard InChI is InChI=1S/C25H42O8.Na/c1-6-25(4,5)24(32)33-20-9-13(2)23(31)18-12-19(28)14(3)17(22(18)20)8-7-15(26)10-16(27)11-21(29)30;/h12-17,19-20,22-23,26-28,31H,6-11H2,1-5H3,(H,29,30);/q;+1/p-1/t13-,14+,15-,16-,17-,19-,20+,22+,23-;/m0./s1. The van der Waals surface area contributed by atoms with Crippen molar-refractivity contribution in [1.29, 1.82) is 0 Å². The Bertz CT molecular complexity index is 724. The molecular formula is C25H41NaO8. The van der Waals surface area contributed by atoms with Crippen LogP contribution in [-0.2, 0) is 14.3 Å². The van der Waals surface area contributed by atoms with E-state index in [1.807, 2.05) is 34.6 Å². The topological polar surface area (TPSA) is 147 Å². The second-order valence-corrected chi connectivity index (χ2v) is 10.7. The molecule has 2 rings (SSSR count). The van der Waals surface area contributed by atoms with Gasteiger partial charge in [-0.1, -0.05) is 26.8 Å². The number of carbonyl (C=O) groups excluding carboxylic acids is 2. The average molecular weight is 493 g/mol. The Morgan fingerprint density at radius 3 is 2.38 bits per heavy atom. The molecule has 0 bridgehead atoms. The van der Waals surface area contributed by atoms with Gasteiger partial charge >= 0.3 is 35.5 Å². The minimum Gasteiger partial charge on any atom is -0.550 e. The second kappa shape index (κ2) is 13.2. The minimum atomic E-state index is -1.38. The van der Waals surface area contributed by atoms with Crippen molar-refractivity contribution in [3.05, 3.63) is 11.6 Å². The number of fused-ring (bicyclic) bond motifs is 1. The quantitative estimate of drug-likeness (QED) is 0.155. The van der Waals surface area contributed by atoms with Crippen molar-refractivity contribution in [3.63, 3.8) is 0 Å². The number of hydrogen-bond acceptors (Lipinski definition) is 8. The number of aliphatic hydroxyl groups is 4. The van der Waals surface area contributed by atoms with E-state index in [1.54, 1.807) is 6.08 Å². The van der Waals surface area contributed by atoms with E-state index < -0.39 is 48.3 Å². The van der Waals surface area contributed by atoms with Crippen LogP contribution >= 0.6 is 0 Å². The molecule has 0 unspecified atom stereocenters. The molecule has 1 fully saturated rings. The number of hydrogen-bond donors (Lipinski definition) is 4. The maximum Gasteiger partial charge on any atom is 1.00 e. The first-order valence-corrected chi connectivity index (χ1v) is 12.1. The third-order valence-corrected chi connectivity index (χ3v) is 7.78. The predicted molar refractivity (Wildman–Crippen MR) is 119 cm³/mol.